The maximum atomic E-state index is 5.85. The molecule has 1 fully saturated rings. The third-order valence-corrected chi connectivity index (χ3v) is 3.60. The van der Waals surface area contributed by atoms with Crippen molar-refractivity contribution < 1.29 is 9.15 Å². The zero-order chi connectivity index (χ0) is 13.8. The molecule has 0 spiro atoms. The smallest absolute Gasteiger partial charge is 0.146 e. The van der Waals surface area contributed by atoms with Gasteiger partial charge in [0.25, 0.3) is 0 Å². The predicted molar refractivity (Wildman–Crippen MR) is 78.7 cm³/mol. The second-order valence-electron chi connectivity index (χ2n) is 5.33. The van der Waals surface area contributed by atoms with Gasteiger partial charge in [-0.3, -0.25) is 0 Å². The Morgan fingerprint density at radius 3 is 2.95 bits per heavy atom. The zero-order valence-corrected chi connectivity index (χ0v) is 11.9. The molecule has 1 aliphatic rings. The molecule has 0 bridgehead atoms. The van der Waals surface area contributed by atoms with Crippen LogP contribution in [0.1, 0.15) is 36.7 Å². The topological polar surface area (TPSA) is 34.4 Å². The minimum Gasteiger partial charge on any atom is -0.485 e. The number of hydrogen-bond donors (Lipinski definition) is 1. The van der Waals surface area contributed by atoms with Gasteiger partial charge in [0.15, 0.2) is 0 Å². The fourth-order valence-corrected chi connectivity index (χ4v) is 2.23. The molecule has 0 amide bonds. The molecule has 1 N–H and O–H groups in total. The SMILES string of the molecule is CCc1ccccc1OCc1cc(CNC2CC2)co1. The molecule has 0 aliphatic heterocycles. The van der Waals surface area contributed by atoms with Crippen molar-refractivity contribution in [2.45, 2.75) is 45.4 Å². The largest absolute Gasteiger partial charge is 0.485 e. The van der Waals surface area contributed by atoms with Crippen molar-refractivity contribution in [3.05, 3.63) is 53.5 Å². The van der Waals surface area contributed by atoms with Gasteiger partial charge in [-0.1, -0.05) is 25.1 Å². The maximum absolute atomic E-state index is 5.85. The lowest BCUT2D eigenvalue weighted by molar-refractivity contribution is 0.268. The van der Waals surface area contributed by atoms with Crippen LogP contribution < -0.4 is 10.1 Å². The molecule has 3 rings (SSSR count). The van der Waals surface area contributed by atoms with E-state index in [2.05, 4.69) is 24.4 Å². The molecule has 106 valence electrons. The van der Waals surface area contributed by atoms with Gasteiger partial charge >= 0.3 is 0 Å². The van der Waals surface area contributed by atoms with E-state index < -0.39 is 0 Å². The van der Waals surface area contributed by atoms with Crippen LogP contribution in [-0.4, -0.2) is 6.04 Å². The second kappa shape index (κ2) is 6.14. The molecule has 1 heterocycles. The van der Waals surface area contributed by atoms with Crippen LogP contribution in [0.15, 0.2) is 41.0 Å². The van der Waals surface area contributed by atoms with E-state index in [0.29, 0.717) is 6.61 Å². The van der Waals surface area contributed by atoms with Gasteiger partial charge in [-0.15, -0.1) is 0 Å². The lowest BCUT2D eigenvalue weighted by Crippen LogP contribution is -2.14. The van der Waals surface area contributed by atoms with Gasteiger partial charge in [0.1, 0.15) is 18.1 Å². The van der Waals surface area contributed by atoms with Crippen LogP contribution in [0.3, 0.4) is 0 Å². The predicted octanol–water partition coefficient (Wildman–Crippen LogP) is 3.67. The van der Waals surface area contributed by atoms with E-state index in [4.69, 9.17) is 9.15 Å². The standard InChI is InChI=1S/C17H21NO2/c1-2-14-5-3-4-6-17(14)20-12-16-9-13(11-19-16)10-18-15-7-8-15/h3-6,9,11,15,18H,2,7-8,10,12H2,1H3. The Bertz CT molecular complexity index is 558. The molecule has 20 heavy (non-hydrogen) atoms. The number of nitrogens with one attached hydrogen (secondary N) is 1. The Hall–Kier alpha value is -1.74. The summed E-state index contributed by atoms with van der Waals surface area (Å²) in [5.74, 6) is 1.83. The minimum atomic E-state index is 0.487. The molecule has 1 aromatic heterocycles. The Kier molecular flexibility index (Phi) is 4.07. The van der Waals surface area contributed by atoms with Gasteiger partial charge < -0.3 is 14.5 Å². The summed E-state index contributed by atoms with van der Waals surface area (Å²) in [4.78, 5) is 0. The van der Waals surface area contributed by atoms with E-state index in [1.165, 1.54) is 24.0 Å². The molecule has 3 heteroatoms. The van der Waals surface area contributed by atoms with E-state index in [9.17, 15) is 0 Å². The number of para-hydroxylation sites is 1. The zero-order valence-electron chi connectivity index (χ0n) is 11.9. The fraction of sp³-hybridized carbons (Fsp3) is 0.412. The Morgan fingerprint density at radius 2 is 2.15 bits per heavy atom. The lowest BCUT2D eigenvalue weighted by Gasteiger charge is -2.08. The van der Waals surface area contributed by atoms with Crippen LogP contribution in [0.25, 0.3) is 0 Å². The maximum Gasteiger partial charge on any atom is 0.146 e. The van der Waals surface area contributed by atoms with Gasteiger partial charge in [0.05, 0.1) is 6.26 Å². The third kappa shape index (κ3) is 3.42. The molecule has 0 radical (unpaired) electrons. The summed E-state index contributed by atoms with van der Waals surface area (Å²) in [5.41, 5.74) is 2.42. The molecule has 0 saturated heterocycles. The Morgan fingerprint density at radius 1 is 1.30 bits per heavy atom. The summed E-state index contributed by atoms with van der Waals surface area (Å²) in [6.07, 6.45) is 5.41. The summed E-state index contributed by atoms with van der Waals surface area (Å²) in [6, 6.07) is 11.0. The molecule has 2 aromatic rings. The van der Waals surface area contributed by atoms with Gasteiger partial charge in [0.2, 0.25) is 0 Å². The number of ether oxygens (including phenoxy) is 1. The van der Waals surface area contributed by atoms with Crippen LogP contribution in [0, 0.1) is 0 Å². The first-order valence-corrected chi connectivity index (χ1v) is 7.35. The van der Waals surface area contributed by atoms with Gasteiger partial charge in [0, 0.05) is 18.2 Å². The van der Waals surface area contributed by atoms with Crippen molar-refractivity contribution in [3.63, 3.8) is 0 Å². The lowest BCUT2D eigenvalue weighted by atomic mass is 10.1. The molecule has 1 saturated carbocycles. The van der Waals surface area contributed by atoms with Crippen molar-refractivity contribution in [3.8, 4) is 5.75 Å². The van der Waals surface area contributed by atoms with Crippen molar-refractivity contribution in [1.82, 2.24) is 5.32 Å². The number of rotatable bonds is 7. The molecular formula is C17H21NO2. The van der Waals surface area contributed by atoms with Gasteiger partial charge in [-0.25, -0.2) is 0 Å². The van der Waals surface area contributed by atoms with Crippen LogP contribution in [0.2, 0.25) is 0 Å². The highest BCUT2D eigenvalue weighted by Gasteiger charge is 2.20. The normalized spacial score (nSPS) is 14.4. The van der Waals surface area contributed by atoms with E-state index in [0.717, 1.165) is 30.5 Å². The molecule has 0 atom stereocenters. The Balaban J connectivity index is 1.54. The molecule has 1 aromatic carbocycles. The van der Waals surface area contributed by atoms with E-state index in [1.54, 1.807) is 0 Å². The van der Waals surface area contributed by atoms with Crippen LogP contribution >= 0.6 is 0 Å². The molecule has 3 nitrogen and oxygen atoms in total. The molecule has 0 unspecified atom stereocenters. The van der Waals surface area contributed by atoms with Crippen molar-refractivity contribution in [2.75, 3.05) is 0 Å². The van der Waals surface area contributed by atoms with Gasteiger partial charge in [-0.05, 0) is 37.0 Å². The van der Waals surface area contributed by atoms with E-state index in [-0.39, 0.29) is 0 Å². The van der Waals surface area contributed by atoms with Crippen LogP contribution in [-0.2, 0) is 19.6 Å². The number of hydrogen-bond acceptors (Lipinski definition) is 3. The van der Waals surface area contributed by atoms with Crippen LogP contribution in [0.5, 0.6) is 5.75 Å². The number of aryl methyl sites for hydroxylation is 1. The summed E-state index contributed by atoms with van der Waals surface area (Å²) < 4.78 is 11.4. The first-order chi connectivity index (χ1) is 9.85. The van der Waals surface area contributed by atoms with E-state index >= 15 is 0 Å². The van der Waals surface area contributed by atoms with Crippen molar-refractivity contribution in [1.29, 1.82) is 0 Å². The number of benzene rings is 1. The Labute approximate surface area is 119 Å². The van der Waals surface area contributed by atoms with Crippen LogP contribution in [0.4, 0.5) is 0 Å². The minimum absolute atomic E-state index is 0.487. The first-order valence-electron chi connectivity index (χ1n) is 7.35. The third-order valence-electron chi connectivity index (χ3n) is 3.60. The first kappa shape index (κ1) is 13.3. The number of furan rings is 1. The summed E-state index contributed by atoms with van der Waals surface area (Å²) in [5, 5.41) is 3.48. The highest BCUT2D eigenvalue weighted by molar-refractivity contribution is 5.33. The van der Waals surface area contributed by atoms with Crippen molar-refractivity contribution >= 4 is 0 Å². The monoisotopic (exact) mass is 271 g/mol. The molecule has 1 aliphatic carbocycles. The highest BCUT2D eigenvalue weighted by Crippen LogP contribution is 2.21. The highest BCUT2D eigenvalue weighted by atomic mass is 16.5. The average molecular weight is 271 g/mol. The average Bonchev–Trinajstić information content (AvgIpc) is 3.21. The van der Waals surface area contributed by atoms with Gasteiger partial charge in [-0.2, -0.15) is 0 Å². The summed E-state index contributed by atoms with van der Waals surface area (Å²) >= 11 is 0. The quantitative estimate of drug-likeness (QED) is 0.834. The second-order valence-corrected chi connectivity index (χ2v) is 5.33. The molecular weight excluding hydrogens is 250 g/mol. The summed E-state index contributed by atoms with van der Waals surface area (Å²) in [7, 11) is 0. The summed E-state index contributed by atoms with van der Waals surface area (Å²) in [6.45, 7) is 3.51. The van der Waals surface area contributed by atoms with E-state index in [1.807, 2.05) is 24.5 Å². The van der Waals surface area contributed by atoms with Crippen molar-refractivity contribution in [2.24, 2.45) is 0 Å². The fourth-order valence-electron chi connectivity index (χ4n) is 2.23.